The van der Waals surface area contributed by atoms with E-state index in [2.05, 4.69) is 24.3 Å². The molecule has 1 aromatic heterocycles. The van der Waals surface area contributed by atoms with E-state index in [1.54, 1.807) is 18.3 Å². The predicted octanol–water partition coefficient (Wildman–Crippen LogP) is 1.63. The number of anilines is 1. The minimum absolute atomic E-state index is 0.0187. The number of nitrogen functional groups attached to an aromatic ring is 1. The molecule has 1 aromatic rings. The monoisotopic (exact) mass is 236 g/mol. The van der Waals surface area contributed by atoms with Gasteiger partial charge in [-0.1, -0.05) is 13.8 Å². The molecule has 17 heavy (non-hydrogen) atoms. The normalized spacial score (nSPS) is 10.1. The molecule has 0 bridgehead atoms. The summed E-state index contributed by atoms with van der Waals surface area (Å²) in [6.07, 6.45) is 3.49. The molecule has 5 nitrogen and oxygen atoms in total. The number of rotatable bonds is 6. The second-order valence-corrected chi connectivity index (χ2v) is 3.84. The van der Waals surface area contributed by atoms with Crippen LogP contribution in [0.1, 0.15) is 37.0 Å². The van der Waals surface area contributed by atoms with Crippen LogP contribution in [0.2, 0.25) is 0 Å². The third kappa shape index (κ3) is 3.42. The lowest BCUT2D eigenvalue weighted by Gasteiger charge is -2.22. The van der Waals surface area contributed by atoms with Crippen LogP contribution >= 0.6 is 0 Å². The molecule has 0 radical (unpaired) electrons. The number of amides is 1. The molecular formula is C12H20N4O. The number of hydrogen-bond acceptors (Lipinski definition) is 4. The van der Waals surface area contributed by atoms with Gasteiger partial charge in [0, 0.05) is 19.3 Å². The Morgan fingerprint density at radius 3 is 2.59 bits per heavy atom. The molecule has 0 saturated carbocycles. The minimum Gasteiger partial charge on any atom is -0.339 e. The summed E-state index contributed by atoms with van der Waals surface area (Å²) in [5.41, 5.74) is 2.98. The van der Waals surface area contributed by atoms with Crippen molar-refractivity contribution in [1.29, 1.82) is 0 Å². The molecule has 3 N–H and O–H groups in total. The summed E-state index contributed by atoms with van der Waals surface area (Å²) >= 11 is 0. The van der Waals surface area contributed by atoms with Crippen LogP contribution in [-0.4, -0.2) is 28.9 Å². The Labute approximate surface area is 102 Å². The summed E-state index contributed by atoms with van der Waals surface area (Å²) in [6, 6.07) is 3.48. The highest BCUT2D eigenvalue weighted by molar-refractivity contribution is 5.98. The lowest BCUT2D eigenvalue weighted by Crippen LogP contribution is -2.33. The molecule has 0 aliphatic carbocycles. The number of hydrogen-bond donors (Lipinski definition) is 2. The first-order valence-electron chi connectivity index (χ1n) is 5.95. The highest BCUT2D eigenvalue weighted by atomic mass is 16.2. The zero-order chi connectivity index (χ0) is 12.7. The number of nitrogens with zero attached hydrogens (tertiary/aromatic N) is 2. The Morgan fingerprint density at radius 1 is 1.41 bits per heavy atom. The van der Waals surface area contributed by atoms with E-state index in [0.29, 0.717) is 11.4 Å². The van der Waals surface area contributed by atoms with Gasteiger partial charge >= 0.3 is 0 Å². The van der Waals surface area contributed by atoms with E-state index in [0.717, 1.165) is 25.9 Å². The van der Waals surface area contributed by atoms with Crippen LogP contribution in [-0.2, 0) is 0 Å². The van der Waals surface area contributed by atoms with Crippen molar-refractivity contribution in [2.45, 2.75) is 26.7 Å². The lowest BCUT2D eigenvalue weighted by atomic mass is 10.2. The number of carbonyl (C=O) groups is 1. The van der Waals surface area contributed by atoms with E-state index < -0.39 is 0 Å². The maximum atomic E-state index is 12.3. The second-order valence-electron chi connectivity index (χ2n) is 3.84. The molecule has 94 valence electrons. The molecule has 5 heteroatoms. The molecule has 1 rings (SSSR count). The maximum Gasteiger partial charge on any atom is 0.257 e. The molecule has 0 atom stereocenters. The van der Waals surface area contributed by atoms with Gasteiger partial charge in [0.1, 0.15) is 0 Å². The van der Waals surface area contributed by atoms with Gasteiger partial charge in [-0.3, -0.25) is 4.79 Å². The highest BCUT2D eigenvalue weighted by Crippen LogP contribution is 2.13. The summed E-state index contributed by atoms with van der Waals surface area (Å²) in [4.78, 5) is 18.2. The molecule has 0 saturated heterocycles. The van der Waals surface area contributed by atoms with Crippen LogP contribution < -0.4 is 11.3 Å². The summed E-state index contributed by atoms with van der Waals surface area (Å²) in [6.45, 7) is 5.62. The Morgan fingerprint density at radius 2 is 2.06 bits per heavy atom. The number of nitrogens with one attached hydrogen (secondary N) is 1. The highest BCUT2D eigenvalue weighted by Gasteiger charge is 2.17. The fourth-order valence-corrected chi connectivity index (χ4v) is 1.72. The van der Waals surface area contributed by atoms with Gasteiger partial charge in [-0.15, -0.1) is 0 Å². The second kappa shape index (κ2) is 6.85. The van der Waals surface area contributed by atoms with Crippen molar-refractivity contribution in [2.24, 2.45) is 5.84 Å². The Balaban J connectivity index is 2.92. The van der Waals surface area contributed by atoms with Gasteiger partial charge in [0.25, 0.3) is 5.91 Å². The van der Waals surface area contributed by atoms with Crippen LogP contribution in [0.15, 0.2) is 18.3 Å². The van der Waals surface area contributed by atoms with Crippen LogP contribution in [0, 0.1) is 0 Å². The van der Waals surface area contributed by atoms with E-state index in [9.17, 15) is 4.79 Å². The Hall–Kier alpha value is -1.62. The lowest BCUT2D eigenvalue weighted by molar-refractivity contribution is 0.0756. The topological polar surface area (TPSA) is 71.2 Å². The third-order valence-corrected chi connectivity index (χ3v) is 2.45. The van der Waals surface area contributed by atoms with Crippen LogP contribution in [0.4, 0.5) is 5.82 Å². The van der Waals surface area contributed by atoms with Gasteiger partial charge in [0.15, 0.2) is 5.82 Å². The Kier molecular flexibility index (Phi) is 5.42. The molecule has 1 heterocycles. The molecule has 0 aromatic carbocycles. The van der Waals surface area contributed by atoms with Crippen LogP contribution in [0.5, 0.6) is 0 Å². The van der Waals surface area contributed by atoms with Crippen molar-refractivity contribution < 1.29 is 4.79 Å². The average Bonchev–Trinajstić information content (AvgIpc) is 2.37. The van der Waals surface area contributed by atoms with Gasteiger partial charge in [-0.2, -0.15) is 0 Å². The van der Waals surface area contributed by atoms with Gasteiger partial charge in [0.2, 0.25) is 0 Å². The summed E-state index contributed by atoms with van der Waals surface area (Å²) < 4.78 is 0. The van der Waals surface area contributed by atoms with Crippen molar-refractivity contribution in [2.75, 3.05) is 18.5 Å². The first-order chi connectivity index (χ1) is 8.24. The van der Waals surface area contributed by atoms with E-state index in [-0.39, 0.29) is 5.91 Å². The molecule has 0 spiro atoms. The number of pyridine rings is 1. The van der Waals surface area contributed by atoms with E-state index >= 15 is 0 Å². The van der Waals surface area contributed by atoms with Crippen molar-refractivity contribution >= 4 is 11.7 Å². The smallest absolute Gasteiger partial charge is 0.257 e. The standard InChI is InChI=1S/C12H20N4O/c1-3-8-16(9-4-2)12(17)10-6-5-7-14-11(10)15-13/h5-7H,3-4,8-9,13H2,1-2H3,(H,14,15). The number of hydrazine groups is 1. The summed E-state index contributed by atoms with van der Waals surface area (Å²) in [7, 11) is 0. The van der Waals surface area contributed by atoms with Crippen molar-refractivity contribution in [3.8, 4) is 0 Å². The minimum atomic E-state index is -0.0187. The molecule has 0 aliphatic rings. The third-order valence-electron chi connectivity index (χ3n) is 2.45. The molecule has 0 aliphatic heterocycles. The fraction of sp³-hybridized carbons (Fsp3) is 0.500. The van der Waals surface area contributed by atoms with Gasteiger partial charge in [-0.25, -0.2) is 10.8 Å². The van der Waals surface area contributed by atoms with Crippen molar-refractivity contribution in [3.05, 3.63) is 23.9 Å². The van der Waals surface area contributed by atoms with Gasteiger partial charge in [0.05, 0.1) is 5.56 Å². The van der Waals surface area contributed by atoms with E-state index in [1.807, 2.05) is 4.90 Å². The molecular weight excluding hydrogens is 216 g/mol. The Bertz CT molecular complexity index is 361. The molecule has 0 unspecified atom stereocenters. The van der Waals surface area contributed by atoms with Crippen LogP contribution in [0.25, 0.3) is 0 Å². The molecule has 1 amide bonds. The largest absolute Gasteiger partial charge is 0.339 e. The van der Waals surface area contributed by atoms with Crippen molar-refractivity contribution in [1.82, 2.24) is 9.88 Å². The summed E-state index contributed by atoms with van der Waals surface area (Å²) in [5, 5.41) is 0. The van der Waals surface area contributed by atoms with Crippen molar-refractivity contribution in [3.63, 3.8) is 0 Å². The first-order valence-corrected chi connectivity index (χ1v) is 5.95. The molecule has 0 fully saturated rings. The predicted molar refractivity (Wildman–Crippen MR) is 68.5 cm³/mol. The average molecular weight is 236 g/mol. The number of carbonyl (C=O) groups excluding carboxylic acids is 1. The maximum absolute atomic E-state index is 12.3. The van der Waals surface area contributed by atoms with E-state index in [4.69, 9.17) is 5.84 Å². The quantitative estimate of drug-likeness (QED) is 0.581. The first kappa shape index (κ1) is 13.4. The SMILES string of the molecule is CCCN(CCC)C(=O)c1cccnc1NN. The zero-order valence-corrected chi connectivity index (χ0v) is 10.4. The van der Waals surface area contributed by atoms with Crippen LogP contribution in [0.3, 0.4) is 0 Å². The van der Waals surface area contributed by atoms with Gasteiger partial charge < -0.3 is 10.3 Å². The fourth-order valence-electron chi connectivity index (χ4n) is 1.72. The summed E-state index contributed by atoms with van der Waals surface area (Å²) in [5.74, 6) is 5.76. The zero-order valence-electron chi connectivity index (χ0n) is 10.4. The van der Waals surface area contributed by atoms with Gasteiger partial charge in [-0.05, 0) is 25.0 Å². The number of aromatic nitrogens is 1. The van der Waals surface area contributed by atoms with E-state index in [1.165, 1.54) is 0 Å². The number of nitrogens with two attached hydrogens (primary N) is 1.